The molecule has 7 nitrogen and oxygen atoms in total. The van der Waals surface area contributed by atoms with Crippen LogP contribution in [0.3, 0.4) is 0 Å². The van der Waals surface area contributed by atoms with Crippen LogP contribution in [0.15, 0.2) is 36.7 Å². The highest BCUT2D eigenvalue weighted by Gasteiger charge is 2.19. The van der Waals surface area contributed by atoms with Gasteiger partial charge in [-0.3, -0.25) is 0 Å². The quantitative estimate of drug-likeness (QED) is 0.648. The van der Waals surface area contributed by atoms with Gasteiger partial charge in [-0.2, -0.15) is 19.1 Å². The maximum absolute atomic E-state index is 12.8. The molecule has 3 rings (SSSR count). The second kappa shape index (κ2) is 7.93. The smallest absolute Gasteiger partial charge is 0.387 e. The molecule has 0 bridgehead atoms. The number of nitrogens with zero attached hydrogens (tertiary/aromatic N) is 3. The van der Waals surface area contributed by atoms with Crippen LogP contribution in [0.1, 0.15) is 19.4 Å². The zero-order chi connectivity index (χ0) is 21.2. The first kappa shape index (κ1) is 20.4. The van der Waals surface area contributed by atoms with E-state index in [1.54, 1.807) is 49.0 Å². The Balaban J connectivity index is 2.09. The van der Waals surface area contributed by atoms with Crippen molar-refractivity contribution >= 4 is 5.52 Å². The number of hydrogen-bond acceptors (Lipinski definition) is 6. The Morgan fingerprint density at radius 2 is 2.00 bits per heavy atom. The van der Waals surface area contributed by atoms with Gasteiger partial charge in [-0.1, -0.05) is 0 Å². The predicted octanol–water partition coefficient (Wildman–Crippen LogP) is 3.63. The number of ether oxygens (including phenoxy) is 3. The number of halogens is 2. The van der Waals surface area contributed by atoms with E-state index in [-0.39, 0.29) is 23.7 Å². The van der Waals surface area contributed by atoms with E-state index in [0.29, 0.717) is 22.4 Å². The molecule has 0 spiro atoms. The van der Waals surface area contributed by atoms with Gasteiger partial charge >= 0.3 is 6.61 Å². The molecule has 0 saturated heterocycles. The molecule has 9 heteroatoms. The van der Waals surface area contributed by atoms with Crippen LogP contribution >= 0.6 is 0 Å². The van der Waals surface area contributed by atoms with Gasteiger partial charge in [0, 0.05) is 17.8 Å². The van der Waals surface area contributed by atoms with E-state index >= 15 is 0 Å². The molecule has 0 amide bonds. The lowest BCUT2D eigenvalue weighted by molar-refractivity contribution is -0.0500. The summed E-state index contributed by atoms with van der Waals surface area (Å²) < 4.78 is 42.5. The highest BCUT2D eigenvalue weighted by atomic mass is 19.3. The van der Waals surface area contributed by atoms with E-state index in [4.69, 9.17) is 9.47 Å². The number of aliphatic hydroxyl groups is 1. The molecular weight excluding hydrogens is 384 g/mol. The van der Waals surface area contributed by atoms with Crippen molar-refractivity contribution in [2.24, 2.45) is 0 Å². The monoisotopic (exact) mass is 403 g/mol. The molecule has 2 heterocycles. The Kier molecular flexibility index (Phi) is 5.57. The van der Waals surface area contributed by atoms with Crippen molar-refractivity contribution in [2.75, 3.05) is 13.7 Å². The summed E-state index contributed by atoms with van der Waals surface area (Å²) in [5, 5.41) is 23.4. The number of benzene rings is 1. The number of methoxy groups -OCH3 is 1. The maximum atomic E-state index is 12.8. The van der Waals surface area contributed by atoms with Crippen LogP contribution in [0, 0.1) is 11.3 Å². The van der Waals surface area contributed by atoms with Crippen molar-refractivity contribution in [3.05, 3.63) is 42.2 Å². The Hall–Kier alpha value is -3.38. The second-order valence-electron chi connectivity index (χ2n) is 6.89. The Morgan fingerprint density at radius 3 is 2.62 bits per heavy atom. The molecule has 2 aromatic heterocycles. The van der Waals surface area contributed by atoms with E-state index in [0.717, 1.165) is 0 Å². The molecular formula is C20H19F2N3O4. The fourth-order valence-corrected chi connectivity index (χ4v) is 2.74. The third-order valence-corrected chi connectivity index (χ3v) is 4.01. The topological polar surface area (TPSA) is 89.0 Å². The summed E-state index contributed by atoms with van der Waals surface area (Å²) in [7, 11) is 1.34. The van der Waals surface area contributed by atoms with Gasteiger partial charge in [-0.05, 0) is 37.6 Å². The van der Waals surface area contributed by atoms with Crippen molar-refractivity contribution in [3.8, 4) is 34.4 Å². The summed E-state index contributed by atoms with van der Waals surface area (Å²) in [6.45, 7) is 0.254. The zero-order valence-electron chi connectivity index (χ0n) is 16.0. The number of aromatic nitrogens is 2. The lowest BCUT2D eigenvalue weighted by Gasteiger charge is -2.17. The molecule has 0 radical (unpaired) electrons. The van der Waals surface area contributed by atoms with Crippen LogP contribution in [0.2, 0.25) is 0 Å². The molecule has 0 fully saturated rings. The lowest BCUT2D eigenvalue weighted by Crippen LogP contribution is -2.27. The predicted molar refractivity (Wildman–Crippen MR) is 100 cm³/mol. The summed E-state index contributed by atoms with van der Waals surface area (Å²) in [6.07, 6.45) is 3.23. The molecule has 1 N–H and O–H groups in total. The molecule has 152 valence electrons. The number of pyridine rings is 1. The largest absolute Gasteiger partial charge is 0.495 e. The Morgan fingerprint density at radius 1 is 1.28 bits per heavy atom. The fraction of sp³-hybridized carbons (Fsp3) is 0.300. The van der Waals surface area contributed by atoms with Crippen LogP contribution in [-0.4, -0.2) is 40.6 Å². The molecule has 0 atom stereocenters. The summed E-state index contributed by atoms with van der Waals surface area (Å²) in [4.78, 5) is 0. The van der Waals surface area contributed by atoms with Crippen LogP contribution in [-0.2, 0) is 0 Å². The summed E-state index contributed by atoms with van der Waals surface area (Å²) in [5.74, 6) is 0.325. The van der Waals surface area contributed by atoms with Gasteiger partial charge < -0.3 is 19.3 Å². The van der Waals surface area contributed by atoms with Crippen LogP contribution in [0.25, 0.3) is 16.6 Å². The minimum absolute atomic E-state index is 0.0870. The first-order valence-corrected chi connectivity index (χ1v) is 8.61. The van der Waals surface area contributed by atoms with Crippen LogP contribution in [0.4, 0.5) is 8.78 Å². The maximum Gasteiger partial charge on any atom is 0.387 e. The number of rotatable bonds is 7. The number of nitriles is 1. The van der Waals surface area contributed by atoms with E-state index in [9.17, 15) is 19.1 Å². The van der Waals surface area contributed by atoms with Crippen LogP contribution < -0.4 is 14.2 Å². The Labute approximate surface area is 165 Å². The fourth-order valence-electron chi connectivity index (χ4n) is 2.74. The third kappa shape index (κ3) is 4.55. The molecule has 1 aromatic carbocycles. The van der Waals surface area contributed by atoms with Gasteiger partial charge in [-0.15, -0.1) is 0 Å². The first-order chi connectivity index (χ1) is 13.7. The van der Waals surface area contributed by atoms with E-state index < -0.39 is 12.2 Å². The van der Waals surface area contributed by atoms with Gasteiger partial charge in [0.15, 0.2) is 0 Å². The SMILES string of the molecule is COc1cc(-c2cnn3ccc(OCC(C)(C)O)cc23)cc(OC(F)F)c1C#N. The van der Waals surface area contributed by atoms with E-state index in [1.165, 1.54) is 13.2 Å². The van der Waals surface area contributed by atoms with Gasteiger partial charge in [0.05, 0.1) is 24.4 Å². The number of alkyl halides is 2. The summed E-state index contributed by atoms with van der Waals surface area (Å²) in [6, 6.07) is 8.13. The average Bonchev–Trinajstić information content (AvgIpc) is 3.08. The Bertz CT molecular complexity index is 1070. The van der Waals surface area contributed by atoms with Gasteiger partial charge in [0.2, 0.25) is 0 Å². The van der Waals surface area contributed by atoms with Crippen molar-refractivity contribution in [2.45, 2.75) is 26.1 Å². The average molecular weight is 403 g/mol. The van der Waals surface area contributed by atoms with E-state index in [1.807, 2.05) is 6.07 Å². The normalized spacial score (nSPS) is 11.5. The van der Waals surface area contributed by atoms with Crippen molar-refractivity contribution < 1.29 is 28.1 Å². The highest BCUT2D eigenvalue weighted by Crippen LogP contribution is 2.37. The van der Waals surface area contributed by atoms with Crippen LogP contribution in [0.5, 0.6) is 17.2 Å². The van der Waals surface area contributed by atoms with Gasteiger partial charge in [-0.25, -0.2) is 4.52 Å². The minimum Gasteiger partial charge on any atom is -0.495 e. The molecule has 0 aliphatic rings. The lowest BCUT2D eigenvalue weighted by atomic mass is 10.0. The molecule has 0 unspecified atom stereocenters. The molecule has 0 saturated carbocycles. The van der Waals surface area contributed by atoms with Gasteiger partial charge in [0.25, 0.3) is 0 Å². The molecule has 3 aromatic rings. The standard InChI is InChI=1S/C20H19F2N3O4/c1-20(2,26)11-28-13-4-5-25-16(8-13)15(10-24-25)12-6-17(27-3)14(9-23)18(7-12)29-19(21)22/h4-8,10,19,26H,11H2,1-3H3. The highest BCUT2D eigenvalue weighted by molar-refractivity contribution is 5.83. The van der Waals surface area contributed by atoms with Crippen molar-refractivity contribution in [3.63, 3.8) is 0 Å². The molecule has 29 heavy (non-hydrogen) atoms. The third-order valence-electron chi connectivity index (χ3n) is 4.01. The summed E-state index contributed by atoms with van der Waals surface area (Å²) in [5.41, 5.74) is 0.582. The molecule has 0 aliphatic heterocycles. The zero-order valence-corrected chi connectivity index (χ0v) is 16.0. The van der Waals surface area contributed by atoms with Crippen molar-refractivity contribution in [1.82, 2.24) is 9.61 Å². The number of hydrogen-bond donors (Lipinski definition) is 1. The van der Waals surface area contributed by atoms with Gasteiger partial charge in [0.1, 0.15) is 35.5 Å². The number of fused-ring (bicyclic) bond motifs is 1. The minimum atomic E-state index is -3.09. The van der Waals surface area contributed by atoms with E-state index in [2.05, 4.69) is 9.84 Å². The van der Waals surface area contributed by atoms with Crippen molar-refractivity contribution in [1.29, 1.82) is 5.26 Å². The summed E-state index contributed by atoms with van der Waals surface area (Å²) >= 11 is 0. The molecule has 0 aliphatic carbocycles. The second-order valence-corrected chi connectivity index (χ2v) is 6.89. The first-order valence-electron chi connectivity index (χ1n) is 8.61.